The molecule has 4 rings (SSSR count). The van der Waals surface area contributed by atoms with Crippen LogP contribution in [-0.4, -0.2) is 81.2 Å². The molecule has 2 aromatic carbocycles. The van der Waals surface area contributed by atoms with Gasteiger partial charge in [0.05, 0.1) is 30.9 Å². The Morgan fingerprint density at radius 1 is 1.05 bits per heavy atom. The van der Waals surface area contributed by atoms with Crippen molar-refractivity contribution in [3.05, 3.63) is 66.2 Å². The Morgan fingerprint density at radius 3 is 2.51 bits per heavy atom. The van der Waals surface area contributed by atoms with Gasteiger partial charge in [0.25, 0.3) is 0 Å². The highest BCUT2D eigenvalue weighted by atomic mass is 32.2. The van der Waals surface area contributed by atoms with Gasteiger partial charge >= 0.3 is 0 Å². The summed E-state index contributed by atoms with van der Waals surface area (Å²) in [6, 6.07) is 13.0. The third-order valence-electron chi connectivity index (χ3n) is 7.43. The van der Waals surface area contributed by atoms with Crippen LogP contribution in [0.5, 0.6) is 0 Å². The lowest BCUT2D eigenvalue weighted by Gasteiger charge is -2.31. The number of hydrogen-bond acceptors (Lipinski definition) is 7. The number of sulfonamides is 1. The Morgan fingerprint density at radius 2 is 1.81 bits per heavy atom. The third-order valence-corrected chi connectivity index (χ3v) is 8.95. The van der Waals surface area contributed by atoms with Crippen molar-refractivity contribution >= 4 is 27.5 Å². The van der Waals surface area contributed by atoms with Crippen molar-refractivity contribution in [3.63, 3.8) is 0 Å². The van der Waals surface area contributed by atoms with Gasteiger partial charge in [0, 0.05) is 31.5 Å². The van der Waals surface area contributed by atoms with Gasteiger partial charge in [-0.1, -0.05) is 42.5 Å². The summed E-state index contributed by atoms with van der Waals surface area (Å²) in [4.78, 5) is 35.6. The molecule has 11 nitrogen and oxygen atoms in total. The fraction of sp³-hybridized carbons (Fsp3) is 0.452. The zero-order chi connectivity index (χ0) is 30.7. The van der Waals surface area contributed by atoms with Gasteiger partial charge in [-0.3, -0.25) is 9.59 Å². The normalized spacial score (nSPS) is 14.4. The lowest BCUT2D eigenvalue weighted by molar-refractivity contribution is -0.134. The highest BCUT2D eigenvalue weighted by Gasteiger charge is 2.32. The molecule has 232 valence electrons. The number of amides is 2. The molecular formula is C31H41N5O6S. The van der Waals surface area contributed by atoms with E-state index in [4.69, 9.17) is 9.47 Å². The summed E-state index contributed by atoms with van der Waals surface area (Å²) in [7, 11) is -2.73. The summed E-state index contributed by atoms with van der Waals surface area (Å²) < 4.78 is 41.2. The maximum absolute atomic E-state index is 14.1. The molecule has 0 aliphatic carbocycles. The van der Waals surface area contributed by atoms with E-state index in [2.05, 4.69) is 20.0 Å². The molecule has 43 heavy (non-hydrogen) atoms. The van der Waals surface area contributed by atoms with Crippen molar-refractivity contribution < 1.29 is 27.5 Å². The minimum atomic E-state index is -4.27. The Labute approximate surface area is 253 Å². The number of methoxy groups -OCH3 is 1. The van der Waals surface area contributed by atoms with Gasteiger partial charge in [-0.05, 0) is 57.1 Å². The summed E-state index contributed by atoms with van der Waals surface area (Å²) in [5.74, 6) is -0.746. The number of H-pyrrole nitrogens is 1. The first kappa shape index (κ1) is 32.3. The summed E-state index contributed by atoms with van der Waals surface area (Å²) in [6.45, 7) is 3.40. The van der Waals surface area contributed by atoms with Crippen molar-refractivity contribution in [1.82, 2.24) is 19.6 Å². The molecule has 1 unspecified atom stereocenters. The van der Waals surface area contributed by atoms with E-state index in [1.54, 1.807) is 23.4 Å². The number of hydrogen-bond donors (Lipinski definition) is 3. The molecule has 1 fully saturated rings. The molecule has 0 radical (unpaired) electrons. The van der Waals surface area contributed by atoms with Gasteiger partial charge in [-0.15, -0.1) is 0 Å². The number of nitrogens with zero attached hydrogens (tertiary/aromatic N) is 2. The van der Waals surface area contributed by atoms with Gasteiger partial charge in [0.1, 0.15) is 17.5 Å². The minimum absolute atomic E-state index is 0.123. The standard InChI is InChI=1S/C31H41N5O6S/c1-23-26(33-22-32-23)14-10-15-27(31(38)36-17-7-4-8-18-36)35-43(39,40)28-16-9-13-25(24-11-5-3-6-12-24)30(28)34-29(37)21-42-20-19-41-2/h3,5-6,9,11-13,16,22,27,35H,4,7-8,10,14-15,17-21H2,1-2H3,(H,32,33)(H,34,37). The number of benzene rings is 2. The van der Waals surface area contributed by atoms with Gasteiger partial charge in [-0.25, -0.2) is 13.4 Å². The van der Waals surface area contributed by atoms with E-state index in [1.165, 1.54) is 13.2 Å². The topological polar surface area (TPSA) is 143 Å². The monoisotopic (exact) mass is 611 g/mol. The molecule has 3 N–H and O–H groups in total. The number of para-hydroxylation sites is 1. The number of ether oxygens (including phenoxy) is 2. The van der Waals surface area contributed by atoms with Crippen LogP contribution in [0.4, 0.5) is 5.69 Å². The van der Waals surface area contributed by atoms with E-state index < -0.39 is 22.0 Å². The fourth-order valence-electron chi connectivity index (χ4n) is 5.16. The average molecular weight is 612 g/mol. The van der Waals surface area contributed by atoms with Crippen LogP contribution in [0.1, 0.15) is 43.5 Å². The van der Waals surface area contributed by atoms with E-state index in [1.807, 2.05) is 37.3 Å². The molecule has 12 heteroatoms. The van der Waals surface area contributed by atoms with E-state index in [9.17, 15) is 18.0 Å². The first-order valence-electron chi connectivity index (χ1n) is 14.6. The maximum atomic E-state index is 14.1. The Bertz CT molecular complexity index is 1450. The van der Waals surface area contributed by atoms with E-state index in [0.717, 1.165) is 36.2 Å². The van der Waals surface area contributed by atoms with Crippen LogP contribution >= 0.6 is 0 Å². The van der Waals surface area contributed by atoms with E-state index >= 15 is 0 Å². The molecule has 2 heterocycles. The Kier molecular flexibility index (Phi) is 11.9. The molecule has 0 spiro atoms. The molecule has 1 aliphatic heterocycles. The molecule has 3 aromatic rings. The van der Waals surface area contributed by atoms with Crippen LogP contribution in [0.15, 0.2) is 59.8 Å². The summed E-state index contributed by atoms with van der Waals surface area (Å²) in [5, 5.41) is 2.76. The minimum Gasteiger partial charge on any atom is -0.382 e. The van der Waals surface area contributed by atoms with Gasteiger partial charge < -0.3 is 24.7 Å². The number of imidazole rings is 1. The number of carbonyl (C=O) groups is 2. The van der Waals surface area contributed by atoms with Crippen LogP contribution in [0.25, 0.3) is 11.1 Å². The number of likely N-dealkylation sites (tertiary alicyclic amines) is 1. The smallest absolute Gasteiger partial charge is 0.250 e. The van der Waals surface area contributed by atoms with Gasteiger partial charge in [0.15, 0.2) is 0 Å². The predicted octanol–water partition coefficient (Wildman–Crippen LogP) is 3.67. The second-order valence-electron chi connectivity index (χ2n) is 10.6. The number of aromatic amines is 1. The highest BCUT2D eigenvalue weighted by molar-refractivity contribution is 7.89. The number of anilines is 1. The summed E-state index contributed by atoms with van der Waals surface area (Å²) in [5.41, 5.74) is 3.22. The molecule has 1 atom stereocenters. The lowest BCUT2D eigenvalue weighted by Crippen LogP contribution is -2.50. The zero-order valence-electron chi connectivity index (χ0n) is 24.8. The molecular weight excluding hydrogens is 570 g/mol. The van der Waals surface area contributed by atoms with Crippen molar-refractivity contribution in [3.8, 4) is 11.1 Å². The highest BCUT2D eigenvalue weighted by Crippen LogP contribution is 2.34. The Hall–Kier alpha value is -3.58. The van der Waals surface area contributed by atoms with Crippen molar-refractivity contribution in [2.45, 2.75) is 56.4 Å². The average Bonchev–Trinajstić information content (AvgIpc) is 3.43. The molecule has 2 amide bonds. The van der Waals surface area contributed by atoms with Crippen LogP contribution < -0.4 is 10.0 Å². The zero-order valence-corrected chi connectivity index (χ0v) is 25.6. The number of aromatic nitrogens is 2. The molecule has 1 saturated heterocycles. The summed E-state index contributed by atoms with van der Waals surface area (Å²) >= 11 is 0. The van der Waals surface area contributed by atoms with Crippen LogP contribution in [0, 0.1) is 6.92 Å². The van der Waals surface area contributed by atoms with E-state index in [0.29, 0.717) is 44.5 Å². The molecule has 0 bridgehead atoms. The number of aryl methyl sites for hydroxylation is 2. The molecule has 1 aliphatic rings. The number of nitrogens with one attached hydrogen (secondary N) is 3. The maximum Gasteiger partial charge on any atom is 0.250 e. The third kappa shape index (κ3) is 8.96. The summed E-state index contributed by atoms with van der Waals surface area (Å²) in [6.07, 6.45) is 5.91. The lowest BCUT2D eigenvalue weighted by atomic mass is 10.0. The van der Waals surface area contributed by atoms with Crippen LogP contribution in [-0.2, 0) is 35.5 Å². The van der Waals surface area contributed by atoms with E-state index in [-0.39, 0.29) is 29.7 Å². The molecule has 1 aromatic heterocycles. The number of carbonyl (C=O) groups excluding carboxylic acids is 2. The van der Waals surface area contributed by atoms with Crippen molar-refractivity contribution in [1.29, 1.82) is 0 Å². The number of rotatable bonds is 15. The molecule has 0 saturated carbocycles. The van der Waals surface area contributed by atoms with Crippen LogP contribution in [0.2, 0.25) is 0 Å². The van der Waals surface area contributed by atoms with Gasteiger partial charge in [0.2, 0.25) is 21.8 Å². The van der Waals surface area contributed by atoms with Gasteiger partial charge in [-0.2, -0.15) is 4.72 Å². The number of piperidine rings is 1. The fourth-order valence-corrected chi connectivity index (χ4v) is 6.56. The largest absolute Gasteiger partial charge is 0.382 e. The first-order valence-corrected chi connectivity index (χ1v) is 16.1. The Balaban J connectivity index is 1.63. The first-order chi connectivity index (χ1) is 20.8. The second kappa shape index (κ2) is 15.8. The predicted molar refractivity (Wildman–Crippen MR) is 164 cm³/mol. The van der Waals surface area contributed by atoms with Crippen LogP contribution in [0.3, 0.4) is 0 Å². The van der Waals surface area contributed by atoms with Crippen molar-refractivity contribution in [2.24, 2.45) is 0 Å². The SMILES string of the molecule is COCCOCC(=O)Nc1c(-c2ccccc2)cccc1S(=O)(=O)NC(CCCc1nc[nH]c1C)C(=O)N1CCCCC1. The van der Waals surface area contributed by atoms with Crippen molar-refractivity contribution in [2.75, 3.05) is 45.3 Å². The quantitative estimate of drug-likeness (QED) is 0.223. The second-order valence-corrected chi connectivity index (χ2v) is 12.2.